The van der Waals surface area contributed by atoms with Gasteiger partial charge in [0.1, 0.15) is 5.57 Å². The van der Waals surface area contributed by atoms with Crippen LogP contribution in [0.2, 0.25) is 0 Å². The van der Waals surface area contributed by atoms with Crippen molar-refractivity contribution in [2.75, 3.05) is 13.2 Å². The van der Waals surface area contributed by atoms with E-state index in [9.17, 15) is 14.4 Å². The molecule has 0 amide bonds. The summed E-state index contributed by atoms with van der Waals surface area (Å²) in [6.07, 6.45) is 2.31. The molecule has 24 heavy (non-hydrogen) atoms. The van der Waals surface area contributed by atoms with Crippen molar-refractivity contribution in [1.82, 2.24) is 0 Å². The fourth-order valence-corrected chi connectivity index (χ4v) is 1.74. The third kappa shape index (κ3) is 5.36. The molecule has 0 bridgehead atoms. The first-order valence-corrected chi connectivity index (χ1v) is 7.64. The number of rotatable bonds is 8. The molecule has 0 aromatic heterocycles. The molecule has 6 heteroatoms. The number of carbonyl (C=O) groups excluding carboxylic acids is 3. The number of hydrogen-bond donors (Lipinski definition) is 0. The molecule has 0 unspecified atom stereocenters. The Bertz CT molecular complexity index is 685. The van der Waals surface area contributed by atoms with E-state index in [0.717, 1.165) is 0 Å². The van der Waals surface area contributed by atoms with Crippen molar-refractivity contribution in [3.05, 3.63) is 41.0 Å². The summed E-state index contributed by atoms with van der Waals surface area (Å²) in [7, 11) is 0. The number of hydrogen-bond acceptors (Lipinski definition) is 6. The van der Waals surface area contributed by atoms with Crippen molar-refractivity contribution in [1.29, 1.82) is 5.26 Å². The molecule has 0 saturated heterocycles. The molecule has 6 nitrogen and oxygen atoms in total. The van der Waals surface area contributed by atoms with Crippen molar-refractivity contribution in [3.8, 4) is 6.07 Å². The van der Waals surface area contributed by atoms with Crippen molar-refractivity contribution < 1.29 is 23.9 Å². The van der Waals surface area contributed by atoms with Gasteiger partial charge < -0.3 is 9.47 Å². The second-order valence-corrected chi connectivity index (χ2v) is 4.86. The average molecular weight is 329 g/mol. The highest BCUT2D eigenvalue weighted by molar-refractivity contribution is 6.47. The lowest BCUT2D eigenvalue weighted by Crippen LogP contribution is -2.25. The highest BCUT2D eigenvalue weighted by Crippen LogP contribution is 2.15. The molecule has 0 saturated carbocycles. The Morgan fingerprint density at radius 2 is 1.62 bits per heavy atom. The SMILES string of the molecule is CCCOC(=O)C(=O)C(=Cc1ccccc1C#N)C(=O)OCCC. The molecule has 0 aliphatic carbocycles. The van der Waals surface area contributed by atoms with Gasteiger partial charge in [-0.25, -0.2) is 9.59 Å². The molecular weight excluding hydrogens is 310 g/mol. The lowest BCUT2D eigenvalue weighted by Gasteiger charge is -2.08. The number of benzene rings is 1. The predicted molar refractivity (Wildman–Crippen MR) is 86.6 cm³/mol. The van der Waals surface area contributed by atoms with Crippen molar-refractivity contribution >= 4 is 23.8 Å². The maximum atomic E-state index is 12.2. The van der Waals surface area contributed by atoms with E-state index in [1.54, 1.807) is 38.1 Å². The van der Waals surface area contributed by atoms with Crippen LogP contribution in [0.5, 0.6) is 0 Å². The zero-order valence-electron chi connectivity index (χ0n) is 13.7. The number of Topliss-reactive ketones (excluding diaryl/α,β-unsaturated/α-hetero) is 1. The van der Waals surface area contributed by atoms with Crippen LogP contribution in [-0.2, 0) is 23.9 Å². The Morgan fingerprint density at radius 3 is 2.21 bits per heavy atom. The number of ketones is 1. The number of esters is 2. The monoisotopic (exact) mass is 329 g/mol. The quantitative estimate of drug-likeness (QED) is 0.239. The number of ether oxygens (including phenoxy) is 2. The van der Waals surface area contributed by atoms with Crippen molar-refractivity contribution in [2.24, 2.45) is 0 Å². The van der Waals surface area contributed by atoms with E-state index in [4.69, 9.17) is 14.7 Å². The fourth-order valence-electron chi connectivity index (χ4n) is 1.74. The smallest absolute Gasteiger partial charge is 0.379 e. The highest BCUT2D eigenvalue weighted by atomic mass is 16.5. The van der Waals surface area contributed by atoms with Crippen LogP contribution in [0, 0.1) is 11.3 Å². The molecule has 0 fully saturated rings. The Kier molecular flexibility index (Phi) is 7.92. The molecular formula is C18H19NO5. The zero-order valence-corrected chi connectivity index (χ0v) is 13.7. The minimum atomic E-state index is -1.12. The molecule has 0 aliphatic heterocycles. The zero-order chi connectivity index (χ0) is 17.9. The first-order valence-electron chi connectivity index (χ1n) is 7.64. The number of nitriles is 1. The van der Waals surface area contributed by atoms with Gasteiger partial charge in [0.15, 0.2) is 0 Å². The van der Waals surface area contributed by atoms with Crippen LogP contribution in [0.15, 0.2) is 29.8 Å². The second kappa shape index (κ2) is 9.95. The Labute approximate surface area is 140 Å². The standard InChI is InChI=1S/C18H19NO5/c1-3-9-23-17(21)15(16(20)18(22)24-10-4-2)11-13-7-5-6-8-14(13)12-19/h5-8,11H,3-4,9-10H2,1-2H3. The summed E-state index contributed by atoms with van der Waals surface area (Å²) in [4.78, 5) is 36.1. The van der Waals surface area contributed by atoms with E-state index in [-0.39, 0.29) is 18.8 Å². The van der Waals surface area contributed by atoms with E-state index in [1.165, 1.54) is 6.08 Å². The predicted octanol–water partition coefficient (Wildman–Crippen LogP) is 2.42. The lowest BCUT2D eigenvalue weighted by molar-refractivity contribution is -0.154. The van der Waals surface area contributed by atoms with Crippen LogP contribution in [0.4, 0.5) is 0 Å². The molecule has 1 rings (SSSR count). The normalized spacial score (nSPS) is 10.6. The van der Waals surface area contributed by atoms with Gasteiger partial charge in [-0.2, -0.15) is 5.26 Å². The van der Waals surface area contributed by atoms with Crippen LogP contribution in [0.3, 0.4) is 0 Å². The fraction of sp³-hybridized carbons (Fsp3) is 0.333. The average Bonchev–Trinajstić information content (AvgIpc) is 2.61. The molecule has 0 heterocycles. The largest absolute Gasteiger partial charge is 0.462 e. The maximum absolute atomic E-state index is 12.2. The van der Waals surface area contributed by atoms with Gasteiger partial charge in [0, 0.05) is 0 Å². The van der Waals surface area contributed by atoms with Crippen LogP contribution >= 0.6 is 0 Å². The molecule has 1 aromatic rings. The van der Waals surface area contributed by atoms with E-state index >= 15 is 0 Å². The highest BCUT2D eigenvalue weighted by Gasteiger charge is 2.27. The molecule has 0 aliphatic rings. The first-order chi connectivity index (χ1) is 11.5. The van der Waals surface area contributed by atoms with Crippen LogP contribution in [0.25, 0.3) is 6.08 Å². The van der Waals surface area contributed by atoms with Crippen molar-refractivity contribution in [2.45, 2.75) is 26.7 Å². The summed E-state index contributed by atoms with van der Waals surface area (Å²) in [5, 5.41) is 9.10. The summed E-state index contributed by atoms with van der Waals surface area (Å²) in [5.41, 5.74) is 0.167. The second-order valence-electron chi connectivity index (χ2n) is 4.86. The summed E-state index contributed by atoms with van der Waals surface area (Å²) in [6.45, 7) is 3.79. The summed E-state index contributed by atoms with van der Waals surface area (Å²) in [6, 6.07) is 8.38. The molecule has 0 spiro atoms. The topological polar surface area (TPSA) is 93.5 Å². The van der Waals surface area contributed by atoms with Gasteiger partial charge in [0.2, 0.25) is 0 Å². The van der Waals surface area contributed by atoms with Crippen LogP contribution in [-0.4, -0.2) is 30.9 Å². The minimum absolute atomic E-state index is 0.0800. The minimum Gasteiger partial charge on any atom is -0.462 e. The molecule has 0 radical (unpaired) electrons. The Morgan fingerprint density at radius 1 is 1.04 bits per heavy atom. The third-order valence-electron chi connectivity index (χ3n) is 2.91. The summed E-state index contributed by atoms with van der Waals surface area (Å²) in [5.74, 6) is -3.12. The summed E-state index contributed by atoms with van der Waals surface area (Å²) >= 11 is 0. The third-order valence-corrected chi connectivity index (χ3v) is 2.91. The maximum Gasteiger partial charge on any atom is 0.379 e. The van der Waals surface area contributed by atoms with Crippen molar-refractivity contribution in [3.63, 3.8) is 0 Å². The van der Waals surface area contributed by atoms with Crippen LogP contribution in [0.1, 0.15) is 37.8 Å². The van der Waals surface area contributed by atoms with Gasteiger partial charge in [0.25, 0.3) is 5.78 Å². The Balaban J connectivity index is 3.20. The molecule has 0 N–H and O–H groups in total. The van der Waals surface area contributed by atoms with Gasteiger partial charge in [-0.05, 0) is 30.5 Å². The lowest BCUT2D eigenvalue weighted by atomic mass is 10.0. The Hall–Kier alpha value is -2.94. The number of nitrogens with zero attached hydrogens (tertiary/aromatic N) is 1. The molecule has 126 valence electrons. The summed E-state index contributed by atoms with van der Waals surface area (Å²) < 4.78 is 9.74. The number of carbonyl (C=O) groups is 3. The van der Waals surface area contributed by atoms with Crippen LogP contribution < -0.4 is 0 Å². The molecule has 1 aromatic carbocycles. The van der Waals surface area contributed by atoms with E-state index in [1.807, 2.05) is 6.07 Å². The molecule has 0 atom stereocenters. The van der Waals surface area contributed by atoms with Gasteiger partial charge in [-0.3, -0.25) is 4.79 Å². The van der Waals surface area contributed by atoms with E-state index in [2.05, 4.69) is 0 Å². The first kappa shape index (κ1) is 19.1. The van der Waals surface area contributed by atoms with Gasteiger partial charge in [0.05, 0.1) is 24.8 Å². The van der Waals surface area contributed by atoms with Gasteiger partial charge in [-0.1, -0.05) is 32.0 Å². The van der Waals surface area contributed by atoms with E-state index in [0.29, 0.717) is 18.4 Å². The van der Waals surface area contributed by atoms with Gasteiger partial charge in [-0.15, -0.1) is 0 Å². The van der Waals surface area contributed by atoms with Gasteiger partial charge >= 0.3 is 11.9 Å². The van der Waals surface area contributed by atoms with E-state index < -0.39 is 23.3 Å².